The third kappa shape index (κ3) is 6.69. The van der Waals surface area contributed by atoms with Crippen LogP contribution in [0, 0.1) is 13.8 Å². The molecular weight excluding hydrogens is 190 g/mol. The molecule has 0 aliphatic carbocycles. The molecule has 84 valence electrons. The smallest absolute Gasteiger partial charge is 0.300 e. The lowest BCUT2D eigenvalue weighted by atomic mass is 10.1. The number of aliphatic carboxylic acids is 1. The maximum Gasteiger partial charge on any atom is 0.300 e. The standard InChI is InChI=1S/C10H15N.C2H4O2/c1-8-4-5-10(7-11-3)9(2)6-8;1-2(3)4/h4-6,11H,7H2,1-3H3;1H3,(H,3,4). The molecule has 0 heterocycles. The Bertz CT molecular complexity index is 317. The first-order chi connectivity index (χ1) is 6.97. The number of carboxylic acid groups (broad SMARTS) is 1. The molecule has 0 aliphatic rings. The number of rotatable bonds is 2. The van der Waals surface area contributed by atoms with Crippen molar-refractivity contribution >= 4 is 5.97 Å². The number of hydrogen-bond acceptors (Lipinski definition) is 2. The van der Waals surface area contributed by atoms with E-state index in [4.69, 9.17) is 9.90 Å². The minimum Gasteiger partial charge on any atom is -0.481 e. The van der Waals surface area contributed by atoms with Gasteiger partial charge in [-0.25, -0.2) is 0 Å². The summed E-state index contributed by atoms with van der Waals surface area (Å²) in [6, 6.07) is 6.55. The van der Waals surface area contributed by atoms with Gasteiger partial charge in [0.1, 0.15) is 0 Å². The summed E-state index contributed by atoms with van der Waals surface area (Å²) in [7, 11) is 1.97. The lowest BCUT2D eigenvalue weighted by Gasteiger charge is -2.04. The fraction of sp³-hybridized carbons (Fsp3) is 0.417. The Balaban J connectivity index is 0.000000423. The predicted molar refractivity (Wildman–Crippen MR) is 62.0 cm³/mol. The summed E-state index contributed by atoms with van der Waals surface area (Å²) in [5.74, 6) is -0.833. The van der Waals surface area contributed by atoms with E-state index in [0.29, 0.717) is 0 Å². The number of aryl methyl sites for hydroxylation is 2. The summed E-state index contributed by atoms with van der Waals surface area (Å²) in [6.07, 6.45) is 0. The summed E-state index contributed by atoms with van der Waals surface area (Å²) >= 11 is 0. The highest BCUT2D eigenvalue weighted by molar-refractivity contribution is 5.62. The third-order valence-corrected chi connectivity index (χ3v) is 1.87. The van der Waals surface area contributed by atoms with Crippen LogP contribution in [-0.4, -0.2) is 18.1 Å². The molecule has 0 aliphatic heterocycles. The number of nitrogens with one attached hydrogen (secondary N) is 1. The Hall–Kier alpha value is -1.35. The van der Waals surface area contributed by atoms with E-state index in [2.05, 4.69) is 37.4 Å². The van der Waals surface area contributed by atoms with Crippen molar-refractivity contribution in [3.05, 3.63) is 34.9 Å². The van der Waals surface area contributed by atoms with E-state index >= 15 is 0 Å². The summed E-state index contributed by atoms with van der Waals surface area (Å²) in [6.45, 7) is 6.32. The van der Waals surface area contributed by atoms with E-state index in [1.807, 2.05) is 7.05 Å². The minimum atomic E-state index is -0.833. The minimum absolute atomic E-state index is 0.833. The maximum atomic E-state index is 9.00. The van der Waals surface area contributed by atoms with Gasteiger partial charge in [0.05, 0.1) is 0 Å². The van der Waals surface area contributed by atoms with E-state index < -0.39 is 5.97 Å². The Morgan fingerprint density at radius 3 is 2.33 bits per heavy atom. The van der Waals surface area contributed by atoms with Crippen molar-refractivity contribution in [2.24, 2.45) is 0 Å². The molecule has 0 atom stereocenters. The first-order valence-electron chi connectivity index (χ1n) is 4.87. The molecule has 0 bridgehead atoms. The first kappa shape index (κ1) is 13.7. The van der Waals surface area contributed by atoms with E-state index in [0.717, 1.165) is 13.5 Å². The van der Waals surface area contributed by atoms with Crippen molar-refractivity contribution in [2.45, 2.75) is 27.3 Å². The molecule has 0 spiro atoms. The van der Waals surface area contributed by atoms with Gasteiger partial charge in [-0.1, -0.05) is 23.8 Å². The van der Waals surface area contributed by atoms with E-state index in [9.17, 15) is 0 Å². The third-order valence-electron chi connectivity index (χ3n) is 1.87. The van der Waals surface area contributed by atoms with Crippen molar-refractivity contribution in [3.63, 3.8) is 0 Å². The van der Waals surface area contributed by atoms with Crippen molar-refractivity contribution in [2.75, 3.05) is 7.05 Å². The fourth-order valence-electron chi connectivity index (χ4n) is 1.23. The van der Waals surface area contributed by atoms with Crippen molar-refractivity contribution in [3.8, 4) is 0 Å². The number of benzene rings is 1. The second-order valence-electron chi connectivity index (χ2n) is 3.48. The van der Waals surface area contributed by atoms with Crippen LogP contribution in [0.1, 0.15) is 23.6 Å². The van der Waals surface area contributed by atoms with Gasteiger partial charge in [0.2, 0.25) is 0 Å². The van der Waals surface area contributed by atoms with Crippen LogP contribution >= 0.6 is 0 Å². The molecule has 0 unspecified atom stereocenters. The van der Waals surface area contributed by atoms with Crippen LogP contribution in [0.2, 0.25) is 0 Å². The Kier molecular flexibility index (Phi) is 6.38. The fourth-order valence-corrected chi connectivity index (χ4v) is 1.23. The predicted octanol–water partition coefficient (Wildman–Crippen LogP) is 2.11. The topological polar surface area (TPSA) is 49.3 Å². The average Bonchev–Trinajstić information content (AvgIpc) is 2.09. The van der Waals surface area contributed by atoms with Gasteiger partial charge in [0.15, 0.2) is 0 Å². The molecule has 0 saturated carbocycles. The zero-order chi connectivity index (χ0) is 11.8. The highest BCUT2D eigenvalue weighted by atomic mass is 16.4. The molecule has 1 aromatic carbocycles. The molecule has 1 rings (SSSR count). The van der Waals surface area contributed by atoms with Crippen LogP contribution in [0.4, 0.5) is 0 Å². The maximum absolute atomic E-state index is 9.00. The Morgan fingerprint density at radius 2 is 1.93 bits per heavy atom. The van der Waals surface area contributed by atoms with Gasteiger partial charge in [0.25, 0.3) is 5.97 Å². The molecule has 0 radical (unpaired) electrons. The second-order valence-corrected chi connectivity index (χ2v) is 3.48. The van der Waals surface area contributed by atoms with Crippen LogP contribution in [0.15, 0.2) is 18.2 Å². The van der Waals surface area contributed by atoms with Gasteiger partial charge in [-0.15, -0.1) is 0 Å². The summed E-state index contributed by atoms with van der Waals surface area (Å²) < 4.78 is 0. The normalized spacial score (nSPS) is 9.07. The second kappa shape index (κ2) is 7.01. The van der Waals surface area contributed by atoms with Gasteiger partial charge < -0.3 is 10.4 Å². The monoisotopic (exact) mass is 209 g/mol. The highest BCUT2D eigenvalue weighted by Crippen LogP contribution is 2.09. The SMILES string of the molecule is CC(=O)O.CNCc1ccc(C)cc1C. The van der Waals surface area contributed by atoms with E-state index in [1.165, 1.54) is 16.7 Å². The van der Waals surface area contributed by atoms with Gasteiger partial charge in [-0.2, -0.15) is 0 Å². The van der Waals surface area contributed by atoms with E-state index in [-0.39, 0.29) is 0 Å². The quantitative estimate of drug-likeness (QED) is 0.784. The van der Waals surface area contributed by atoms with Gasteiger partial charge in [-0.3, -0.25) is 4.79 Å². The molecule has 0 amide bonds. The van der Waals surface area contributed by atoms with Crippen molar-refractivity contribution in [1.82, 2.24) is 5.32 Å². The number of carboxylic acids is 1. The van der Waals surface area contributed by atoms with Gasteiger partial charge in [0, 0.05) is 13.5 Å². The summed E-state index contributed by atoms with van der Waals surface area (Å²) in [5.41, 5.74) is 4.10. The van der Waals surface area contributed by atoms with Gasteiger partial charge in [-0.05, 0) is 32.0 Å². The highest BCUT2D eigenvalue weighted by Gasteiger charge is 1.95. The molecule has 0 saturated heterocycles. The lowest BCUT2D eigenvalue weighted by molar-refractivity contribution is -0.134. The van der Waals surface area contributed by atoms with Crippen LogP contribution in [0.25, 0.3) is 0 Å². The van der Waals surface area contributed by atoms with Crippen molar-refractivity contribution < 1.29 is 9.90 Å². The Labute approximate surface area is 91.1 Å². The van der Waals surface area contributed by atoms with Crippen LogP contribution in [-0.2, 0) is 11.3 Å². The molecule has 1 aromatic rings. The van der Waals surface area contributed by atoms with Gasteiger partial charge >= 0.3 is 0 Å². The Morgan fingerprint density at radius 1 is 1.40 bits per heavy atom. The van der Waals surface area contributed by atoms with E-state index in [1.54, 1.807) is 0 Å². The summed E-state index contributed by atoms with van der Waals surface area (Å²) in [5, 5.41) is 10.6. The lowest BCUT2D eigenvalue weighted by Crippen LogP contribution is -2.06. The molecule has 3 nitrogen and oxygen atoms in total. The zero-order valence-electron chi connectivity index (χ0n) is 9.79. The molecular formula is C12H19NO2. The van der Waals surface area contributed by atoms with Crippen LogP contribution < -0.4 is 5.32 Å². The van der Waals surface area contributed by atoms with Crippen molar-refractivity contribution in [1.29, 1.82) is 0 Å². The molecule has 2 N–H and O–H groups in total. The van der Waals surface area contributed by atoms with Crippen LogP contribution in [0.5, 0.6) is 0 Å². The number of hydrogen-bond donors (Lipinski definition) is 2. The van der Waals surface area contributed by atoms with Crippen LogP contribution in [0.3, 0.4) is 0 Å². The molecule has 15 heavy (non-hydrogen) atoms. The average molecular weight is 209 g/mol. The molecule has 0 aromatic heterocycles. The zero-order valence-corrected chi connectivity index (χ0v) is 9.79. The molecule has 0 fully saturated rings. The largest absolute Gasteiger partial charge is 0.481 e. The molecule has 3 heteroatoms. The first-order valence-corrected chi connectivity index (χ1v) is 4.87. The summed E-state index contributed by atoms with van der Waals surface area (Å²) in [4.78, 5) is 9.00. The number of carbonyl (C=O) groups is 1.